The van der Waals surface area contributed by atoms with Crippen molar-refractivity contribution in [1.29, 1.82) is 0 Å². The zero-order valence-electron chi connectivity index (χ0n) is 16.0. The molecule has 21 heavy (non-hydrogen) atoms. The van der Waals surface area contributed by atoms with Gasteiger partial charge in [-0.15, -0.1) is 0 Å². The van der Waals surface area contributed by atoms with Crippen molar-refractivity contribution in [3.8, 4) is 0 Å². The van der Waals surface area contributed by atoms with Gasteiger partial charge in [-0.05, 0) is 84.6 Å². The normalized spacial score (nSPS) is 13.1. The summed E-state index contributed by atoms with van der Waals surface area (Å²) >= 11 is 0. The van der Waals surface area contributed by atoms with Crippen molar-refractivity contribution in [3.63, 3.8) is 0 Å². The maximum absolute atomic E-state index is 12.1. The highest BCUT2D eigenvalue weighted by Gasteiger charge is 2.30. The molecule has 0 amide bonds. The molecule has 0 saturated heterocycles. The van der Waals surface area contributed by atoms with Gasteiger partial charge in [0.05, 0.1) is 0 Å². The lowest BCUT2D eigenvalue weighted by atomic mass is 11.2. The van der Waals surface area contributed by atoms with E-state index in [1.807, 2.05) is 42.3 Å². The van der Waals surface area contributed by atoms with Gasteiger partial charge in [0, 0.05) is 0 Å². The standard InChI is InChI=1S/C6H18N3OP.C6H18N3P/c1-7(2)11(10,8(3)4)9(5)6;1-7(2)10(8(3)4)9(5)6/h1-6H3;1-6H3. The molecule has 0 aromatic carbocycles. The topological polar surface area (TPSA) is 36.5 Å². The van der Waals surface area contributed by atoms with E-state index in [1.165, 1.54) is 0 Å². The molecule has 0 heterocycles. The molecular formula is C12H36N6OP2. The summed E-state index contributed by atoms with van der Waals surface area (Å²) in [6, 6.07) is 0. The Morgan fingerprint density at radius 1 is 0.524 bits per heavy atom. The summed E-state index contributed by atoms with van der Waals surface area (Å²) in [6.07, 6.45) is 0. The highest BCUT2D eigenvalue weighted by atomic mass is 31.2. The van der Waals surface area contributed by atoms with E-state index >= 15 is 0 Å². The Morgan fingerprint density at radius 3 is 0.714 bits per heavy atom. The monoisotopic (exact) mass is 342 g/mol. The van der Waals surface area contributed by atoms with Gasteiger partial charge in [0.15, 0.2) is 0 Å². The second-order valence-electron chi connectivity index (χ2n) is 5.86. The van der Waals surface area contributed by atoms with Crippen LogP contribution in [0.2, 0.25) is 0 Å². The molecule has 0 bridgehead atoms. The first-order chi connectivity index (χ1) is 9.29. The Kier molecular flexibility index (Phi) is 11.6. The van der Waals surface area contributed by atoms with E-state index < -0.39 is 7.59 Å². The summed E-state index contributed by atoms with van der Waals surface area (Å²) in [4.78, 5) is 0. The van der Waals surface area contributed by atoms with Gasteiger partial charge in [-0.1, -0.05) is 0 Å². The lowest BCUT2D eigenvalue weighted by molar-refractivity contribution is 0.383. The van der Waals surface area contributed by atoms with Crippen LogP contribution < -0.4 is 0 Å². The molecule has 130 valence electrons. The smallest absolute Gasteiger partial charge is 0.270 e. The van der Waals surface area contributed by atoms with Crippen molar-refractivity contribution in [3.05, 3.63) is 0 Å². The van der Waals surface area contributed by atoms with Crippen molar-refractivity contribution < 1.29 is 4.57 Å². The van der Waals surface area contributed by atoms with Gasteiger partial charge in [0.25, 0.3) is 7.59 Å². The van der Waals surface area contributed by atoms with Gasteiger partial charge in [-0.25, -0.2) is 14.0 Å². The van der Waals surface area contributed by atoms with Crippen LogP contribution in [0.3, 0.4) is 0 Å². The molecule has 0 aliphatic rings. The van der Waals surface area contributed by atoms with E-state index in [9.17, 15) is 4.57 Å². The third kappa shape index (κ3) is 7.49. The minimum absolute atomic E-state index is 0.238. The molecule has 0 aromatic heterocycles. The molecule has 0 spiro atoms. The Balaban J connectivity index is 0. The third-order valence-corrected chi connectivity index (χ3v) is 7.91. The molecule has 0 unspecified atom stereocenters. The van der Waals surface area contributed by atoms with E-state index in [2.05, 4.69) is 56.3 Å². The summed E-state index contributed by atoms with van der Waals surface area (Å²) < 4.78 is 24.0. The van der Waals surface area contributed by atoms with Crippen LogP contribution in [0.25, 0.3) is 0 Å². The molecule has 7 nitrogen and oxygen atoms in total. The van der Waals surface area contributed by atoms with E-state index in [1.54, 1.807) is 14.0 Å². The van der Waals surface area contributed by atoms with Crippen LogP contribution in [-0.2, 0) is 4.57 Å². The van der Waals surface area contributed by atoms with Gasteiger partial charge in [-0.3, -0.25) is 18.6 Å². The fourth-order valence-corrected chi connectivity index (χ4v) is 6.44. The van der Waals surface area contributed by atoms with Crippen LogP contribution in [0.15, 0.2) is 0 Å². The van der Waals surface area contributed by atoms with Crippen LogP contribution in [0.4, 0.5) is 0 Å². The van der Waals surface area contributed by atoms with Gasteiger partial charge in [0.1, 0.15) is 8.37 Å². The quantitative estimate of drug-likeness (QED) is 0.680. The maximum Gasteiger partial charge on any atom is 0.285 e. The summed E-state index contributed by atoms with van der Waals surface area (Å²) in [5.74, 6) is 0. The Labute approximate surface area is 133 Å². The summed E-state index contributed by atoms with van der Waals surface area (Å²) in [6.45, 7) is 0. The highest BCUT2D eigenvalue weighted by Crippen LogP contribution is 2.50. The Bertz CT molecular complexity index is 273. The van der Waals surface area contributed by atoms with Gasteiger partial charge in [-0.2, -0.15) is 0 Å². The molecule has 0 aliphatic heterocycles. The Morgan fingerprint density at radius 2 is 0.714 bits per heavy atom. The molecule has 0 aliphatic carbocycles. The number of hydrogen-bond donors (Lipinski definition) is 0. The average molecular weight is 342 g/mol. The summed E-state index contributed by atoms with van der Waals surface area (Å²) in [5.41, 5.74) is 0. The molecule has 0 atom stereocenters. The van der Waals surface area contributed by atoms with Crippen molar-refractivity contribution in [1.82, 2.24) is 28.0 Å². The fraction of sp³-hybridized carbons (Fsp3) is 1.00. The van der Waals surface area contributed by atoms with Crippen LogP contribution in [0.5, 0.6) is 0 Å². The second-order valence-corrected chi connectivity index (χ2v) is 12.2. The molecule has 0 N–H and O–H groups in total. The number of nitrogens with zero attached hydrogens (tertiary/aromatic N) is 6. The van der Waals surface area contributed by atoms with E-state index in [-0.39, 0.29) is 8.37 Å². The minimum atomic E-state index is -2.44. The first-order valence-electron chi connectivity index (χ1n) is 6.75. The van der Waals surface area contributed by atoms with Crippen LogP contribution >= 0.6 is 16.0 Å². The molecule has 0 fully saturated rings. The zero-order valence-corrected chi connectivity index (χ0v) is 17.8. The van der Waals surface area contributed by atoms with Crippen molar-refractivity contribution in [2.24, 2.45) is 0 Å². The summed E-state index contributed by atoms with van der Waals surface area (Å²) in [7, 11) is 20.9. The van der Waals surface area contributed by atoms with Crippen molar-refractivity contribution in [2.45, 2.75) is 0 Å². The van der Waals surface area contributed by atoms with Gasteiger partial charge >= 0.3 is 0 Å². The lowest BCUT2D eigenvalue weighted by Crippen LogP contribution is -2.30. The molecule has 0 saturated carbocycles. The zero-order chi connectivity index (χ0) is 17.5. The third-order valence-electron chi connectivity index (χ3n) is 2.64. The Hall–Kier alpha value is 0.420. The summed E-state index contributed by atoms with van der Waals surface area (Å²) in [5, 5.41) is 0. The van der Waals surface area contributed by atoms with Crippen molar-refractivity contribution >= 4 is 16.0 Å². The predicted octanol–water partition coefficient (Wildman–Crippen LogP) is 1.68. The minimum Gasteiger partial charge on any atom is -0.270 e. The van der Waals surface area contributed by atoms with Crippen molar-refractivity contribution in [2.75, 3.05) is 84.6 Å². The predicted molar refractivity (Wildman–Crippen MR) is 96.6 cm³/mol. The largest absolute Gasteiger partial charge is 0.285 e. The molecule has 0 aromatic rings. The van der Waals surface area contributed by atoms with Crippen LogP contribution in [0, 0.1) is 0 Å². The first-order valence-corrected chi connectivity index (χ1v) is 9.51. The molecule has 9 heteroatoms. The SMILES string of the molecule is CN(C)P(=O)(N(C)C)N(C)C.CN(C)P(N(C)C)N(C)C. The van der Waals surface area contributed by atoms with Crippen LogP contribution in [0.1, 0.15) is 0 Å². The highest BCUT2D eigenvalue weighted by molar-refractivity contribution is 7.56. The fourth-order valence-electron chi connectivity index (χ4n) is 2.15. The van der Waals surface area contributed by atoms with Gasteiger partial charge < -0.3 is 0 Å². The molecule has 0 radical (unpaired) electrons. The molecular weight excluding hydrogens is 306 g/mol. The number of rotatable bonds is 6. The average Bonchev–Trinajstić information content (AvgIpc) is 2.25. The molecule has 0 rings (SSSR count). The maximum atomic E-state index is 12.1. The first kappa shape index (κ1) is 23.7. The van der Waals surface area contributed by atoms with Gasteiger partial charge in [0.2, 0.25) is 0 Å². The lowest BCUT2D eigenvalue weighted by Gasteiger charge is -2.34. The van der Waals surface area contributed by atoms with E-state index in [0.29, 0.717) is 0 Å². The number of hydrogen-bond acceptors (Lipinski definition) is 4. The van der Waals surface area contributed by atoms with E-state index in [0.717, 1.165) is 0 Å². The second kappa shape index (κ2) is 10.2. The van der Waals surface area contributed by atoms with E-state index in [4.69, 9.17) is 0 Å². The van der Waals surface area contributed by atoms with Crippen LogP contribution in [-0.4, -0.2) is 113 Å².